The molecule has 6 nitrogen and oxygen atoms in total. The van der Waals surface area contributed by atoms with Crippen LogP contribution in [0.3, 0.4) is 0 Å². The number of ether oxygens (including phenoxy) is 1. The van der Waals surface area contributed by atoms with Gasteiger partial charge in [-0.3, -0.25) is 9.59 Å². The van der Waals surface area contributed by atoms with Gasteiger partial charge in [0.1, 0.15) is 6.04 Å². The summed E-state index contributed by atoms with van der Waals surface area (Å²) < 4.78 is 4.79. The first-order valence-electron chi connectivity index (χ1n) is 10.5. The van der Waals surface area contributed by atoms with Crippen molar-refractivity contribution in [3.05, 3.63) is 48.0 Å². The highest BCUT2D eigenvalue weighted by Crippen LogP contribution is 2.30. The number of hydrogen-bond donors (Lipinski definition) is 2. The zero-order valence-corrected chi connectivity index (χ0v) is 17.9. The van der Waals surface area contributed by atoms with Crippen LogP contribution in [0.1, 0.15) is 45.1 Å². The molecule has 0 aliphatic carbocycles. The number of esters is 1. The molecule has 2 atom stereocenters. The van der Waals surface area contributed by atoms with Gasteiger partial charge in [0.05, 0.1) is 7.11 Å². The number of nitrogens with one attached hydrogen (secondary N) is 2. The summed E-state index contributed by atoms with van der Waals surface area (Å²) in [6, 6.07) is 13.8. The van der Waals surface area contributed by atoms with E-state index in [4.69, 9.17) is 4.74 Å². The second-order valence-corrected chi connectivity index (χ2v) is 8.50. The summed E-state index contributed by atoms with van der Waals surface area (Å²) in [6.45, 7) is 3.72. The zero-order chi connectivity index (χ0) is 21.7. The maximum Gasteiger partial charge on any atom is 0.328 e. The van der Waals surface area contributed by atoms with Gasteiger partial charge >= 0.3 is 5.97 Å². The molecule has 3 rings (SSSR count). The number of carbonyl (C=O) groups excluding carboxylic acids is 3. The smallest absolute Gasteiger partial charge is 0.328 e. The molecule has 1 aliphatic heterocycles. The topological polar surface area (TPSA) is 84.5 Å². The average molecular weight is 411 g/mol. The molecule has 0 radical (unpaired) electrons. The molecule has 2 amide bonds. The highest BCUT2D eigenvalue weighted by molar-refractivity contribution is 5.85. The molecule has 0 spiro atoms. The summed E-state index contributed by atoms with van der Waals surface area (Å²) in [5.74, 6) is -0.707. The number of hydrogen-bond acceptors (Lipinski definition) is 4. The number of fused-ring (bicyclic) bond motifs is 1. The Morgan fingerprint density at radius 3 is 2.53 bits per heavy atom. The largest absolute Gasteiger partial charge is 0.467 e. The molecule has 2 aromatic carbocycles. The molecule has 6 heteroatoms. The number of carbonyl (C=O) groups is 3. The lowest BCUT2D eigenvalue weighted by molar-refractivity contribution is -0.146. The van der Waals surface area contributed by atoms with Crippen LogP contribution in [-0.2, 0) is 25.5 Å². The summed E-state index contributed by atoms with van der Waals surface area (Å²) >= 11 is 0. The van der Waals surface area contributed by atoms with Crippen molar-refractivity contribution in [3.8, 4) is 0 Å². The van der Waals surface area contributed by atoms with Crippen LogP contribution >= 0.6 is 0 Å². The van der Waals surface area contributed by atoms with Gasteiger partial charge in [0.25, 0.3) is 0 Å². The van der Waals surface area contributed by atoms with E-state index in [1.165, 1.54) is 12.5 Å². The zero-order valence-electron chi connectivity index (χ0n) is 17.9. The van der Waals surface area contributed by atoms with Crippen molar-refractivity contribution >= 4 is 28.6 Å². The van der Waals surface area contributed by atoms with Crippen LogP contribution in [0, 0.1) is 5.92 Å². The van der Waals surface area contributed by atoms with Crippen LogP contribution < -0.4 is 10.6 Å². The van der Waals surface area contributed by atoms with E-state index in [2.05, 4.69) is 41.0 Å². The lowest BCUT2D eigenvalue weighted by atomic mass is 9.84. The molecule has 0 aromatic heterocycles. The van der Waals surface area contributed by atoms with Crippen LogP contribution in [0.25, 0.3) is 10.8 Å². The van der Waals surface area contributed by atoms with Gasteiger partial charge in [-0.2, -0.15) is 0 Å². The number of rotatable bonds is 8. The van der Waals surface area contributed by atoms with Crippen molar-refractivity contribution in [2.24, 2.45) is 5.92 Å². The van der Waals surface area contributed by atoms with E-state index in [0.717, 1.165) is 10.9 Å². The Labute approximate surface area is 177 Å². The van der Waals surface area contributed by atoms with E-state index in [0.29, 0.717) is 25.7 Å². The van der Waals surface area contributed by atoms with Gasteiger partial charge in [-0.15, -0.1) is 0 Å². The van der Waals surface area contributed by atoms with Crippen LogP contribution in [0.4, 0.5) is 0 Å². The van der Waals surface area contributed by atoms with Crippen molar-refractivity contribution in [1.82, 2.24) is 10.6 Å². The molecular formula is C24H30N2O4. The van der Waals surface area contributed by atoms with Gasteiger partial charge in [-0.05, 0) is 41.5 Å². The summed E-state index contributed by atoms with van der Waals surface area (Å²) in [7, 11) is 1.32. The van der Waals surface area contributed by atoms with Gasteiger partial charge in [0.15, 0.2) is 0 Å². The summed E-state index contributed by atoms with van der Waals surface area (Å²) in [4.78, 5) is 36.5. The SMILES string of the molecule is COC(=O)[C@@H](NC(=O)CCC1(Cc2ccc3ccccc3c2)CCC(=O)N1)C(C)C. The van der Waals surface area contributed by atoms with Crippen molar-refractivity contribution < 1.29 is 19.1 Å². The van der Waals surface area contributed by atoms with E-state index in [1.807, 2.05) is 26.0 Å². The lowest BCUT2D eigenvalue weighted by Crippen LogP contribution is -2.47. The Balaban J connectivity index is 1.70. The first-order chi connectivity index (χ1) is 14.3. The maximum absolute atomic E-state index is 12.6. The Bertz CT molecular complexity index is 940. The number of methoxy groups -OCH3 is 1. The van der Waals surface area contributed by atoms with E-state index in [1.54, 1.807) is 0 Å². The predicted octanol–water partition coefficient (Wildman–Crippen LogP) is 3.13. The molecule has 0 bridgehead atoms. The third kappa shape index (κ3) is 5.17. The van der Waals surface area contributed by atoms with E-state index >= 15 is 0 Å². The Morgan fingerprint density at radius 1 is 1.17 bits per heavy atom. The molecular weight excluding hydrogens is 380 g/mol. The third-order valence-corrected chi connectivity index (χ3v) is 5.86. The maximum atomic E-state index is 12.6. The minimum atomic E-state index is -0.669. The van der Waals surface area contributed by atoms with Crippen LogP contribution in [0.5, 0.6) is 0 Å². The van der Waals surface area contributed by atoms with Crippen molar-refractivity contribution in [2.75, 3.05) is 7.11 Å². The highest BCUT2D eigenvalue weighted by Gasteiger charge is 2.38. The minimum Gasteiger partial charge on any atom is -0.467 e. The summed E-state index contributed by atoms with van der Waals surface area (Å²) in [6.07, 6.45) is 2.57. The highest BCUT2D eigenvalue weighted by atomic mass is 16.5. The Morgan fingerprint density at radius 2 is 1.90 bits per heavy atom. The fraction of sp³-hybridized carbons (Fsp3) is 0.458. The Kier molecular flexibility index (Phi) is 6.75. The van der Waals surface area contributed by atoms with Crippen LogP contribution in [0.15, 0.2) is 42.5 Å². The second kappa shape index (κ2) is 9.28. The standard InChI is InChI=1S/C24H30N2O4/c1-16(2)22(23(29)30-3)25-20(27)10-12-24(13-11-21(28)26-24)15-17-8-9-18-6-4-5-7-19(18)14-17/h4-9,14,16,22H,10-13,15H2,1-3H3,(H,25,27)(H,26,28)/t22-,24?/m0/s1. The summed E-state index contributed by atoms with van der Waals surface area (Å²) in [5, 5.41) is 8.23. The molecule has 1 fully saturated rings. The second-order valence-electron chi connectivity index (χ2n) is 8.50. The summed E-state index contributed by atoms with van der Waals surface area (Å²) in [5.41, 5.74) is 0.682. The molecule has 1 heterocycles. The van der Waals surface area contributed by atoms with Gasteiger partial charge in [-0.1, -0.05) is 56.3 Å². The third-order valence-electron chi connectivity index (χ3n) is 5.86. The van der Waals surface area contributed by atoms with Gasteiger partial charge < -0.3 is 15.4 Å². The minimum absolute atomic E-state index is 0.0193. The molecule has 160 valence electrons. The number of amides is 2. The molecule has 2 N–H and O–H groups in total. The van der Waals surface area contributed by atoms with Crippen molar-refractivity contribution in [2.45, 2.75) is 57.5 Å². The van der Waals surface area contributed by atoms with Gasteiger partial charge in [-0.25, -0.2) is 4.79 Å². The van der Waals surface area contributed by atoms with Crippen molar-refractivity contribution in [3.63, 3.8) is 0 Å². The fourth-order valence-corrected chi connectivity index (χ4v) is 4.14. The van der Waals surface area contributed by atoms with Crippen molar-refractivity contribution in [1.29, 1.82) is 0 Å². The van der Waals surface area contributed by atoms with Gasteiger partial charge in [0, 0.05) is 18.4 Å². The van der Waals surface area contributed by atoms with Crippen LogP contribution in [0.2, 0.25) is 0 Å². The van der Waals surface area contributed by atoms with Crippen LogP contribution in [-0.4, -0.2) is 36.5 Å². The molecule has 1 saturated heterocycles. The molecule has 0 saturated carbocycles. The lowest BCUT2D eigenvalue weighted by Gasteiger charge is -2.30. The van der Waals surface area contributed by atoms with E-state index in [9.17, 15) is 14.4 Å². The first kappa shape index (κ1) is 21.8. The van der Waals surface area contributed by atoms with E-state index < -0.39 is 17.6 Å². The fourth-order valence-electron chi connectivity index (χ4n) is 4.14. The monoisotopic (exact) mass is 410 g/mol. The first-order valence-corrected chi connectivity index (χ1v) is 10.5. The van der Waals surface area contributed by atoms with E-state index in [-0.39, 0.29) is 24.2 Å². The molecule has 1 unspecified atom stereocenters. The normalized spacial score (nSPS) is 19.5. The quantitative estimate of drug-likeness (QED) is 0.655. The van der Waals surface area contributed by atoms with Gasteiger partial charge in [0.2, 0.25) is 11.8 Å². The number of benzene rings is 2. The average Bonchev–Trinajstić information content (AvgIpc) is 3.10. The molecule has 1 aliphatic rings. The predicted molar refractivity (Wildman–Crippen MR) is 116 cm³/mol. The molecule has 30 heavy (non-hydrogen) atoms. The Hall–Kier alpha value is -2.89. The molecule has 2 aromatic rings.